The summed E-state index contributed by atoms with van der Waals surface area (Å²) in [4.78, 5) is 11.8. The third-order valence-electron chi connectivity index (χ3n) is 2.66. The minimum absolute atomic E-state index is 0.150. The summed E-state index contributed by atoms with van der Waals surface area (Å²) in [7, 11) is 0. The molecular formula is C12H15N3O4. The average molecular weight is 265 g/mol. The lowest BCUT2D eigenvalue weighted by Crippen LogP contribution is -2.25. The van der Waals surface area contributed by atoms with Crippen LogP contribution in [0.15, 0.2) is 23.4 Å². The van der Waals surface area contributed by atoms with Gasteiger partial charge in [-0.25, -0.2) is 0 Å². The fraction of sp³-hybridized carbons (Fsp3) is 0.333. The number of carbonyl (C=O) groups excluding carboxylic acids is 1. The van der Waals surface area contributed by atoms with Crippen LogP contribution < -0.4 is 20.5 Å². The predicted molar refractivity (Wildman–Crippen MR) is 67.5 cm³/mol. The van der Waals surface area contributed by atoms with Crippen LogP contribution in [0.5, 0.6) is 11.5 Å². The molecule has 4 N–H and O–H groups in total. The number of ether oxygens (including phenoxy) is 2. The summed E-state index contributed by atoms with van der Waals surface area (Å²) >= 11 is 0. The third kappa shape index (κ3) is 3.27. The number of nitrogens with one attached hydrogen (secondary N) is 1. The van der Waals surface area contributed by atoms with Gasteiger partial charge in [-0.1, -0.05) is 5.16 Å². The molecule has 0 aromatic heterocycles. The second-order valence-corrected chi connectivity index (χ2v) is 4.02. The predicted octanol–water partition coefficient (Wildman–Crippen LogP) is 0.672. The molecule has 0 unspecified atom stereocenters. The van der Waals surface area contributed by atoms with E-state index in [-0.39, 0.29) is 18.5 Å². The average Bonchev–Trinajstić information content (AvgIpc) is 2.90. The number of hydrogen-bond donors (Lipinski definition) is 3. The van der Waals surface area contributed by atoms with Crippen LogP contribution in [-0.4, -0.2) is 30.3 Å². The van der Waals surface area contributed by atoms with E-state index in [1.807, 2.05) is 0 Å². The maximum absolute atomic E-state index is 11.8. The molecule has 0 bridgehead atoms. The van der Waals surface area contributed by atoms with Crippen LogP contribution in [0.2, 0.25) is 0 Å². The number of nitrogens with zero attached hydrogens (tertiary/aromatic N) is 1. The van der Waals surface area contributed by atoms with E-state index in [0.29, 0.717) is 36.4 Å². The van der Waals surface area contributed by atoms with E-state index < -0.39 is 0 Å². The molecule has 7 nitrogen and oxygen atoms in total. The van der Waals surface area contributed by atoms with Crippen LogP contribution in [0, 0.1) is 0 Å². The number of oxime groups is 1. The van der Waals surface area contributed by atoms with Crippen molar-refractivity contribution >= 4 is 11.7 Å². The molecule has 1 aromatic carbocycles. The van der Waals surface area contributed by atoms with Crippen LogP contribution >= 0.6 is 0 Å². The van der Waals surface area contributed by atoms with Crippen molar-refractivity contribution in [2.75, 3.05) is 13.3 Å². The molecule has 0 saturated carbocycles. The molecule has 0 fully saturated rings. The molecule has 0 saturated heterocycles. The van der Waals surface area contributed by atoms with E-state index in [0.717, 1.165) is 0 Å². The van der Waals surface area contributed by atoms with Gasteiger partial charge in [0.25, 0.3) is 5.91 Å². The molecule has 0 spiro atoms. The maximum atomic E-state index is 11.8. The van der Waals surface area contributed by atoms with Gasteiger partial charge in [0.15, 0.2) is 11.5 Å². The highest BCUT2D eigenvalue weighted by Gasteiger charge is 2.15. The monoisotopic (exact) mass is 265 g/mol. The van der Waals surface area contributed by atoms with Crippen LogP contribution in [0.3, 0.4) is 0 Å². The zero-order chi connectivity index (χ0) is 13.7. The highest BCUT2D eigenvalue weighted by atomic mass is 16.7. The molecule has 19 heavy (non-hydrogen) atoms. The lowest BCUT2D eigenvalue weighted by molar-refractivity contribution is 0.0953. The van der Waals surface area contributed by atoms with Crippen LogP contribution in [0.1, 0.15) is 23.2 Å². The Morgan fingerprint density at radius 2 is 2.21 bits per heavy atom. The summed E-state index contributed by atoms with van der Waals surface area (Å²) in [5.41, 5.74) is 5.83. The molecule has 1 aliphatic heterocycles. The maximum Gasteiger partial charge on any atom is 0.251 e. The fourth-order valence-electron chi connectivity index (χ4n) is 1.66. The van der Waals surface area contributed by atoms with Gasteiger partial charge in [-0.05, 0) is 24.6 Å². The van der Waals surface area contributed by atoms with Gasteiger partial charge in [0.05, 0.1) is 0 Å². The molecule has 1 amide bonds. The van der Waals surface area contributed by atoms with Gasteiger partial charge in [-0.3, -0.25) is 4.79 Å². The van der Waals surface area contributed by atoms with Gasteiger partial charge in [0, 0.05) is 18.5 Å². The highest BCUT2D eigenvalue weighted by Crippen LogP contribution is 2.32. The summed E-state index contributed by atoms with van der Waals surface area (Å²) in [6, 6.07) is 5.02. The summed E-state index contributed by atoms with van der Waals surface area (Å²) in [6.45, 7) is 0.629. The lowest BCUT2D eigenvalue weighted by Gasteiger charge is -2.05. The number of rotatable bonds is 5. The van der Waals surface area contributed by atoms with E-state index in [1.165, 1.54) is 0 Å². The first-order valence-corrected chi connectivity index (χ1v) is 5.85. The van der Waals surface area contributed by atoms with E-state index in [9.17, 15) is 4.79 Å². The number of nitrogens with two attached hydrogens (primary N) is 1. The standard InChI is InChI=1S/C12H15N3O4/c13-11(15-17)2-1-5-14-12(16)8-3-4-9-10(6-8)19-7-18-9/h3-4,6,17H,1-2,5,7H2,(H2,13,15)(H,14,16). The zero-order valence-electron chi connectivity index (χ0n) is 10.3. The molecule has 0 aliphatic carbocycles. The largest absolute Gasteiger partial charge is 0.454 e. The first kappa shape index (κ1) is 13.0. The van der Waals surface area contributed by atoms with Gasteiger partial charge in [-0.2, -0.15) is 0 Å². The highest BCUT2D eigenvalue weighted by molar-refractivity contribution is 5.94. The smallest absolute Gasteiger partial charge is 0.251 e. The van der Waals surface area contributed by atoms with E-state index in [4.69, 9.17) is 20.4 Å². The van der Waals surface area contributed by atoms with E-state index >= 15 is 0 Å². The second-order valence-electron chi connectivity index (χ2n) is 4.02. The molecule has 0 radical (unpaired) electrons. The van der Waals surface area contributed by atoms with Crippen molar-refractivity contribution in [1.82, 2.24) is 5.32 Å². The number of carbonyl (C=O) groups is 1. The first-order chi connectivity index (χ1) is 9.20. The van der Waals surface area contributed by atoms with Crippen molar-refractivity contribution < 1.29 is 19.5 Å². The molecular weight excluding hydrogens is 250 g/mol. The van der Waals surface area contributed by atoms with Crippen LogP contribution in [-0.2, 0) is 0 Å². The fourth-order valence-corrected chi connectivity index (χ4v) is 1.66. The number of fused-ring (bicyclic) bond motifs is 1. The molecule has 1 heterocycles. The molecule has 1 aliphatic rings. The zero-order valence-corrected chi connectivity index (χ0v) is 10.3. The van der Waals surface area contributed by atoms with Crippen molar-refractivity contribution in [1.29, 1.82) is 0 Å². The Hall–Kier alpha value is -2.44. The van der Waals surface area contributed by atoms with Gasteiger partial charge in [-0.15, -0.1) is 0 Å². The van der Waals surface area contributed by atoms with Crippen molar-refractivity contribution in [3.63, 3.8) is 0 Å². The summed E-state index contributed by atoms with van der Waals surface area (Å²) in [5.74, 6) is 1.17. The first-order valence-electron chi connectivity index (χ1n) is 5.85. The molecule has 102 valence electrons. The topological polar surface area (TPSA) is 106 Å². The number of benzene rings is 1. The van der Waals surface area contributed by atoms with Crippen molar-refractivity contribution in [2.24, 2.45) is 10.9 Å². The van der Waals surface area contributed by atoms with Crippen molar-refractivity contribution in [3.05, 3.63) is 23.8 Å². The number of amidine groups is 1. The van der Waals surface area contributed by atoms with Crippen molar-refractivity contribution in [2.45, 2.75) is 12.8 Å². The van der Waals surface area contributed by atoms with E-state index in [2.05, 4.69) is 10.5 Å². The Labute approximate surface area is 110 Å². The van der Waals surface area contributed by atoms with Gasteiger partial charge < -0.3 is 25.7 Å². The van der Waals surface area contributed by atoms with Gasteiger partial charge in [0.1, 0.15) is 5.84 Å². The summed E-state index contributed by atoms with van der Waals surface area (Å²) in [5, 5.41) is 14.0. The Balaban J connectivity index is 1.83. The molecule has 1 aromatic rings. The second kappa shape index (κ2) is 5.94. The minimum atomic E-state index is -0.196. The number of hydrogen-bond acceptors (Lipinski definition) is 5. The SMILES string of the molecule is N/C(CCCNC(=O)c1ccc2c(c1)OCO2)=N/O. The molecule has 2 rings (SSSR count). The quantitative estimate of drug-likeness (QED) is 0.238. The third-order valence-corrected chi connectivity index (χ3v) is 2.66. The molecule has 7 heteroatoms. The molecule has 0 atom stereocenters. The summed E-state index contributed by atoms with van der Waals surface area (Å²) < 4.78 is 10.4. The Morgan fingerprint density at radius 3 is 3.00 bits per heavy atom. The van der Waals surface area contributed by atoms with Crippen LogP contribution in [0.25, 0.3) is 0 Å². The number of amides is 1. The van der Waals surface area contributed by atoms with Gasteiger partial charge in [0.2, 0.25) is 6.79 Å². The summed E-state index contributed by atoms with van der Waals surface area (Å²) in [6.07, 6.45) is 1.03. The van der Waals surface area contributed by atoms with Gasteiger partial charge >= 0.3 is 0 Å². The van der Waals surface area contributed by atoms with Crippen LogP contribution in [0.4, 0.5) is 0 Å². The normalized spacial score (nSPS) is 13.4. The lowest BCUT2D eigenvalue weighted by atomic mass is 10.2. The Bertz CT molecular complexity index is 502. The Kier molecular flexibility index (Phi) is 4.07. The minimum Gasteiger partial charge on any atom is -0.454 e. The van der Waals surface area contributed by atoms with Crippen molar-refractivity contribution in [3.8, 4) is 11.5 Å². The Morgan fingerprint density at radius 1 is 1.42 bits per heavy atom. The van der Waals surface area contributed by atoms with E-state index in [1.54, 1.807) is 18.2 Å².